The molecule has 6 nitrogen and oxygen atoms in total. The molecule has 2 heterocycles. The first-order valence-electron chi connectivity index (χ1n) is 9.61. The van der Waals surface area contributed by atoms with Gasteiger partial charge < -0.3 is 19.5 Å². The zero-order chi connectivity index (χ0) is 20.4. The zero-order valence-corrected chi connectivity index (χ0v) is 17.6. The van der Waals surface area contributed by atoms with Crippen molar-refractivity contribution in [3.05, 3.63) is 52.5 Å². The summed E-state index contributed by atoms with van der Waals surface area (Å²) in [5.74, 6) is 1.25. The molecule has 1 atom stereocenters. The van der Waals surface area contributed by atoms with E-state index in [1.165, 1.54) is 0 Å². The minimum absolute atomic E-state index is 0.0533. The molecule has 1 N–H and O–H groups in total. The standard InChI is InChI=1S/C21H22Cl2N4O2/c1-14(29-19-8-7-15(22)13-16(19)23)20(28)26-9-4-10-27(12-11-26)21-24-17-5-2-3-6-18(17)25-21/h2-3,5-8,13-14H,4,9-12H2,1H3,(H,24,25). The van der Waals surface area contributed by atoms with E-state index in [4.69, 9.17) is 27.9 Å². The lowest BCUT2D eigenvalue weighted by atomic mass is 10.3. The van der Waals surface area contributed by atoms with Gasteiger partial charge >= 0.3 is 0 Å². The molecule has 0 spiro atoms. The average Bonchev–Trinajstić information content (AvgIpc) is 2.99. The molecule has 29 heavy (non-hydrogen) atoms. The summed E-state index contributed by atoms with van der Waals surface area (Å²) in [6.07, 6.45) is 0.225. The topological polar surface area (TPSA) is 61.5 Å². The van der Waals surface area contributed by atoms with E-state index in [1.54, 1.807) is 25.1 Å². The highest BCUT2D eigenvalue weighted by molar-refractivity contribution is 6.35. The van der Waals surface area contributed by atoms with Crippen molar-refractivity contribution in [3.63, 3.8) is 0 Å². The maximum absolute atomic E-state index is 12.9. The maximum Gasteiger partial charge on any atom is 0.263 e. The van der Waals surface area contributed by atoms with E-state index < -0.39 is 6.10 Å². The molecule has 1 amide bonds. The number of hydrogen-bond donors (Lipinski definition) is 1. The van der Waals surface area contributed by atoms with Crippen molar-refractivity contribution in [2.45, 2.75) is 19.4 Å². The van der Waals surface area contributed by atoms with Crippen molar-refractivity contribution >= 4 is 46.1 Å². The van der Waals surface area contributed by atoms with Gasteiger partial charge in [0, 0.05) is 31.2 Å². The van der Waals surface area contributed by atoms with Crippen LogP contribution in [-0.4, -0.2) is 53.1 Å². The number of amides is 1. The number of halogens is 2. The number of ether oxygens (including phenoxy) is 1. The molecule has 0 saturated carbocycles. The summed E-state index contributed by atoms with van der Waals surface area (Å²) in [6, 6.07) is 12.9. The maximum atomic E-state index is 12.9. The van der Waals surface area contributed by atoms with Crippen LogP contribution in [0.2, 0.25) is 10.0 Å². The number of imidazole rings is 1. The molecule has 0 bridgehead atoms. The minimum atomic E-state index is -0.633. The Kier molecular flexibility index (Phi) is 5.83. The molecule has 152 valence electrons. The molecule has 1 aliphatic rings. The summed E-state index contributed by atoms with van der Waals surface area (Å²) in [5.41, 5.74) is 1.96. The lowest BCUT2D eigenvalue weighted by molar-refractivity contribution is -0.137. The number of nitrogens with zero attached hydrogens (tertiary/aromatic N) is 3. The number of aromatic amines is 1. The van der Waals surface area contributed by atoms with Gasteiger partial charge in [0.1, 0.15) is 5.75 Å². The Labute approximate surface area is 179 Å². The summed E-state index contributed by atoms with van der Waals surface area (Å²) in [4.78, 5) is 25.0. The predicted octanol–water partition coefficient (Wildman–Crippen LogP) is 4.38. The van der Waals surface area contributed by atoms with Crippen molar-refractivity contribution in [2.24, 2.45) is 0 Å². The number of benzene rings is 2. The highest BCUT2D eigenvalue weighted by Gasteiger charge is 2.26. The Bertz CT molecular complexity index is 990. The van der Waals surface area contributed by atoms with E-state index in [2.05, 4.69) is 14.9 Å². The van der Waals surface area contributed by atoms with Gasteiger partial charge in [0.25, 0.3) is 5.91 Å². The molecule has 3 aromatic rings. The predicted molar refractivity (Wildman–Crippen MR) is 116 cm³/mol. The summed E-state index contributed by atoms with van der Waals surface area (Å²) >= 11 is 12.1. The molecule has 0 aliphatic carbocycles. The number of anilines is 1. The monoisotopic (exact) mass is 432 g/mol. The number of fused-ring (bicyclic) bond motifs is 1. The van der Waals surface area contributed by atoms with Gasteiger partial charge in [0.15, 0.2) is 6.10 Å². The van der Waals surface area contributed by atoms with E-state index >= 15 is 0 Å². The number of H-pyrrole nitrogens is 1. The van der Waals surface area contributed by atoms with E-state index in [9.17, 15) is 4.79 Å². The van der Waals surface area contributed by atoms with Crippen LogP contribution in [0.1, 0.15) is 13.3 Å². The lowest BCUT2D eigenvalue weighted by Crippen LogP contribution is -2.42. The molecule has 1 aromatic heterocycles. The van der Waals surface area contributed by atoms with Crippen molar-refractivity contribution in [1.29, 1.82) is 0 Å². The number of rotatable bonds is 4. The van der Waals surface area contributed by atoms with E-state index in [-0.39, 0.29) is 5.91 Å². The van der Waals surface area contributed by atoms with Crippen LogP contribution < -0.4 is 9.64 Å². The Morgan fingerprint density at radius 1 is 1.14 bits per heavy atom. The molecule has 4 rings (SSSR count). The highest BCUT2D eigenvalue weighted by atomic mass is 35.5. The molecule has 1 fully saturated rings. The van der Waals surface area contributed by atoms with E-state index in [0.29, 0.717) is 35.4 Å². The third-order valence-electron chi connectivity index (χ3n) is 5.03. The van der Waals surface area contributed by atoms with Gasteiger partial charge in [-0.25, -0.2) is 4.98 Å². The lowest BCUT2D eigenvalue weighted by Gasteiger charge is -2.25. The number of carbonyl (C=O) groups excluding carboxylic acids is 1. The largest absolute Gasteiger partial charge is 0.479 e. The average molecular weight is 433 g/mol. The van der Waals surface area contributed by atoms with Gasteiger partial charge in [-0.1, -0.05) is 35.3 Å². The van der Waals surface area contributed by atoms with Gasteiger partial charge in [-0.3, -0.25) is 4.79 Å². The van der Waals surface area contributed by atoms with Crippen LogP contribution in [0.15, 0.2) is 42.5 Å². The smallest absolute Gasteiger partial charge is 0.263 e. The SMILES string of the molecule is CC(Oc1ccc(Cl)cc1Cl)C(=O)N1CCCN(c2nc3ccccc3[nH]2)CC1. The summed E-state index contributed by atoms with van der Waals surface area (Å²) < 4.78 is 5.79. The van der Waals surface area contributed by atoms with Crippen LogP contribution in [0, 0.1) is 0 Å². The summed E-state index contributed by atoms with van der Waals surface area (Å²) in [7, 11) is 0. The molecular weight excluding hydrogens is 411 g/mol. The molecule has 1 aliphatic heterocycles. The first kappa shape index (κ1) is 19.9. The Morgan fingerprint density at radius 3 is 2.76 bits per heavy atom. The van der Waals surface area contributed by atoms with Gasteiger partial charge in [-0.2, -0.15) is 0 Å². The van der Waals surface area contributed by atoms with Gasteiger partial charge in [-0.15, -0.1) is 0 Å². The van der Waals surface area contributed by atoms with Gasteiger partial charge in [0.2, 0.25) is 5.95 Å². The van der Waals surface area contributed by atoms with Crippen LogP contribution in [0.4, 0.5) is 5.95 Å². The second kappa shape index (κ2) is 8.51. The molecule has 1 saturated heterocycles. The Balaban J connectivity index is 1.40. The number of nitrogens with one attached hydrogen (secondary N) is 1. The third-order valence-corrected chi connectivity index (χ3v) is 5.56. The van der Waals surface area contributed by atoms with Gasteiger partial charge in [0.05, 0.1) is 16.1 Å². The summed E-state index contributed by atoms with van der Waals surface area (Å²) in [6.45, 7) is 4.58. The van der Waals surface area contributed by atoms with Crippen LogP contribution in [0.25, 0.3) is 11.0 Å². The number of para-hydroxylation sites is 2. The Morgan fingerprint density at radius 2 is 1.97 bits per heavy atom. The second-order valence-electron chi connectivity index (χ2n) is 7.08. The Hall–Kier alpha value is -2.44. The normalized spacial score (nSPS) is 16.0. The minimum Gasteiger partial charge on any atom is -0.479 e. The van der Waals surface area contributed by atoms with Crippen LogP contribution in [0.5, 0.6) is 5.75 Å². The fourth-order valence-corrected chi connectivity index (χ4v) is 3.96. The van der Waals surface area contributed by atoms with E-state index in [1.807, 2.05) is 29.2 Å². The fraction of sp³-hybridized carbons (Fsp3) is 0.333. The van der Waals surface area contributed by atoms with Crippen molar-refractivity contribution in [3.8, 4) is 5.75 Å². The van der Waals surface area contributed by atoms with Crippen molar-refractivity contribution in [1.82, 2.24) is 14.9 Å². The quantitative estimate of drug-likeness (QED) is 0.664. The van der Waals surface area contributed by atoms with Gasteiger partial charge in [-0.05, 0) is 43.7 Å². The van der Waals surface area contributed by atoms with Crippen LogP contribution in [-0.2, 0) is 4.79 Å². The fourth-order valence-electron chi connectivity index (χ4n) is 3.51. The molecular formula is C21H22Cl2N4O2. The molecule has 1 unspecified atom stereocenters. The number of aromatic nitrogens is 2. The second-order valence-corrected chi connectivity index (χ2v) is 7.92. The van der Waals surface area contributed by atoms with Crippen molar-refractivity contribution in [2.75, 3.05) is 31.1 Å². The molecule has 8 heteroatoms. The van der Waals surface area contributed by atoms with Crippen LogP contribution >= 0.6 is 23.2 Å². The van der Waals surface area contributed by atoms with Crippen molar-refractivity contribution < 1.29 is 9.53 Å². The highest BCUT2D eigenvalue weighted by Crippen LogP contribution is 2.28. The number of hydrogen-bond acceptors (Lipinski definition) is 4. The zero-order valence-electron chi connectivity index (χ0n) is 16.1. The molecule has 0 radical (unpaired) electrons. The first-order chi connectivity index (χ1) is 14.0. The molecule has 2 aromatic carbocycles. The number of carbonyl (C=O) groups is 1. The first-order valence-corrected chi connectivity index (χ1v) is 10.4. The van der Waals surface area contributed by atoms with Crippen LogP contribution in [0.3, 0.4) is 0 Å². The third kappa shape index (κ3) is 4.43. The summed E-state index contributed by atoms with van der Waals surface area (Å²) in [5, 5.41) is 0.920. The van der Waals surface area contributed by atoms with E-state index in [0.717, 1.165) is 29.9 Å².